The Hall–Kier alpha value is -2.65. The zero-order valence-electron chi connectivity index (χ0n) is 21.4. The van der Waals surface area contributed by atoms with Crippen LogP contribution in [0.5, 0.6) is 5.75 Å². The number of piperidine rings is 1. The fraction of sp³-hybridized carbons (Fsp3) is 0.536. The smallest absolute Gasteiger partial charge is 0.175 e. The summed E-state index contributed by atoms with van der Waals surface area (Å²) in [6, 6.07) is 11.9. The molecule has 0 aliphatic carbocycles. The SMILES string of the molecule is CN(C)Cc1c(OCc2ccc(N)cc2)ccc2c(CCC3CCN(CC4OCCO4)CC3)noc12. The van der Waals surface area contributed by atoms with Crippen molar-refractivity contribution >= 4 is 16.7 Å². The van der Waals surface area contributed by atoms with E-state index in [0.717, 1.165) is 91.5 Å². The fourth-order valence-electron chi connectivity index (χ4n) is 5.17. The highest BCUT2D eigenvalue weighted by molar-refractivity contribution is 5.84. The Morgan fingerprint density at radius 1 is 1.06 bits per heavy atom. The van der Waals surface area contributed by atoms with Gasteiger partial charge in [-0.3, -0.25) is 4.90 Å². The number of nitrogens with two attached hydrogens (primary N) is 1. The van der Waals surface area contributed by atoms with E-state index in [1.807, 2.05) is 24.3 Å². The minimum atomic E-state index is -0.0419. The lowest BCUT2D eigenvalue weighted by molar-refractivity contribution is -0.0661. The zero-order valence-corrected chi connectivity index (χ0v) is 21.4. The van der Waals surface area contributed by atoms with Gasteiger partial charge in [0.2, 0.25) is 0 Å². The largest absolute Gasteiger partial charge is 0.488 e. The molecule has 5 rings (SSSR count). The molecule has 0 amide bonds. The van der Waals surface area contributed by atoms with Crippen molar-refractivity contribution in [2.75, 3.05) is 52.7 Å². The maximum atomic E-state index is 6.22. The van der Waals surface area contributed by atoms with E-state index in [4.69, 9.17) is 24.5 Å². The fourth-order valence-corrected chi connectivity index (χ4v) is 5.17. The number of aryl methyl sites for hydroxylation is 1. The number of ether oxygens (including phenoxy) is 3. The van der Waals surface area contributed by atoms with Gasteiger partial charge in [-0.1, -0.05) is 17.3 Å². The van der Waals surface area contributed by atoms with Crippen LogP contribution in [-0.4, -0.2) is 68.2 Å². The first kappa shape index (κ1) is 25.0. The van der Waals surface area contributed by atoms with Gasteiger partial charge in [0.15, 0.2) is 11.9 Å². The minimum absolute atomic E-state index is 0.0419. The van der Waals surface area contributed by atoms with Gasteiger partial charge in [-0.2, -0.15) is 0 Å². The second-order valence-electron chi connectivity index (χ2n) is 10.3. The number of anilines is 1. The predicted molar refractivity (Wildman–Crippen MR) is 140 cm³/mol. The van der Waals surface area contributed by atoms with Crippen molar-refractivity contribution in [3.8, 4) is 5.75 Å². The lowest BCUT2D eigenvalue weighted by Gasteiger charge is -2.32. The van der Waals surface area contributed by atoms with Crippen LogP contribution in [0.15, 0.2) is 40.9 Å². The van der Waals surface area contributed by atoms with Crippen LogP contribution in [0.1, 0.15) is 36.1 Å². The second-order valence-corrected chi connectivity index (χ2v) is 10.3. The van der Waals surface area contributed by atoms with Gasteiger partial charge in [0, 0.05) is 24.2 Å². The van der Waals surface area contributed by atoms with Crippen molar-refractivity contribution in [1.82, 2.24) is 15.0 Å². The summed E-state index contributed by atoms with van der Waals surface area (Å²) in [5, 5.41) is 5.59. The maximum Gasteiger partial charge on any atom is 0.175 e. The molecule has 0 unspecified atom stereocenters. The lowest BCUT2D eigenvalue weighted by atomic mass is 9.91. The van der Waals surface area contributed by atoms with Crippen LogP contribution < -0.4 is 10.5 Å². The molecular formula is C28H38N4O4. The second kappa shape index (κ2) is 11.6. The molecule has 3 heterocycles. The van der Waals surface area contributed by atoms with Crippen LogP contribution in [0.2, 0.25) is 0 Å². The van der Waals surface area contributed by atoms with Crippen molar-refractivity contribution < 1.29 is 18.7 Å². The molecule has 0 bridgehead atoms. The molecule has 194 valence electrons. The first-order valence-electron chi connectivity index (χ1n) is 13.0. The molecule has 8 nitrogen and oxygen atoms in total. The zero-order chi connectivity index (χ0) is 24.9. The Kier molecular flexibility index (Phi) is 8.06. The highest BCUT2D eigenvalue weighted by Gasteiger charge is 2.25. The molecule has 1 aromatic heterocycles. The van der Waals surface area contributed by atoms with Crippen LogP contribution in [0.3, 0.4) is 0 Å². The Morgan fingerprint density at radius 3 is 2.53 bits per heavy atom. The van der Waals surface area contributed by atoms with Gasteiger partial charge in [-0.05, 0) is 88.6 Å². The van der Waals surface area contributed by atoms with E-state index in [-0.39, 0.29) is 6.29 Å². The minimum Gasteiger partial charge on any atom is -0.488 e. The number of nitrogen functional groups attached to an aromatic ring is 1. The molecule has 2 N–H and O–H groups in total. The first-order valence-corrected chi connectivity index (χ1v) is 13.0. The van der Waals surface area contributed by atoms with Gasteiger partial charge in [-0.25, -0.2) is 0 Å². The molecular weight excluding hydrogens is 456 g/mol. The van der Waals surface area contributed by atoms with E-state index in [0.29, 0.717) is 12.5 Å². The number of fused-ring (bicyclic) bond motifs is 1. The monoisotopic (exact) mass is 494 g/mol. The van der Waals surface area contributed by atoms with Crippen LogP contribution in [-0.2, 0) is 29.0 Å². The van der Waals surface area contributed by atoms with Crippen molar-refractivity contribution in [2.24, 2.45) is 5.92 Å². The summed E-state index contributed by atoms with van der Waals surface area (Å²) in [7, 11) is 4.11. The first-order chi connectivity index (χ1) is 17.5. The summed E-state index contributed by atoms with van der Waals surface area (Å²) < 4.78 is 23.3. The van der Waals surface area contributed by atoms with E-state index >= 15 is 0 Å². The summed E-state index contributed by atoms with van der Waals surface area (Å²) in [4.78, 5) is 4.60. The standard InChI is InChI=1S/C28H38N4O4/c1-31(2)17-24-26(35-19-21-3-6-22(29)7-4-21)10-8-23-25(30-36-28(23)24)9-5-20-11-13-32(14-12-20)18-27-33-15-16-34-27/h3-4,6-8,10,20,27H,5,9,11-19,29H2,1-2H3. The third-order valence-electron chi connectivity index (χ3n) is 7.22. The van der Waals surface area contributed by atoms with Gasteiger partial charge < -0.3 is 29.4 Å². The van der Waals surface area contributed by atoms with Gasteiger partial charge in [0.1, 0.15) is 12.4 Å². The number of likely N-dealkylation sites (tertiary alicyclic amines) is 1. The van der Waals surface area contributed by atoms with Crippen LogP contribution in [0.25, 0.3) is 11.0 Å². The number of hydrogen-bond acceptors (Lipinski definition) is 8. The Labute approximate surface area is 213 Å². The number of nitrogens with zero attached hydrogens (tertiary/aromatic N) is 3. The number of benzene rings is 2. The van der Waals surface area contributed by atoms with E-state index in [2.05, 4.69) is 41.2 Å². The average molecular weight is 495 g/mol. The molecule has 2 fully saturated rings. The summed E-state index contributed by atoms with van der Waals surface area (Å²) in [6.07, 6.45) is 4.43. The topological polar surface area (TPSA) is 86.2 Å². The Balaban J connectivity index is 1.21. The predicted octanol–water partition coefficient (Wildman–Crippen LogP) is 4.07. The third-order valence-corrected chi connectivity index (χ3v) is 7.22. The highest BCUT2D eigenvalue weighted by Crippen LogP contribution is 2.33. The van der Waals surface area contributed by atoms with Crippen molar-refractivity contribution in [3.05, 3.63) is 53.2 Å². The van der Waals surface area contributed by atoms with Gasteiger partial charge >= 0.3 is 0 Å². The molecule has 2 aliphatic rings. The quantitative estimate of drug-likeness (QED) is 0.422. The van der Waals surface area contributed by atoms with Crippen LogP contribution in [0, 0.1) is 5.92 Å². The molecule has 0 atom stereocenters. The normalized spacial score (nSPS) is 18.0. The highest BCUT2D eigenvalue weighted by atomic mass is 16.7. The number of rotatable bonds is 10. The Morgan fingerprint density at radius 2 is 1.81 bits per heavy atom. The van der Waals surface area contributed by atoms with E-state index in [9.17, 15) is 0 Å². The maximum absolute atomic E-state index is 6.22. The molecule has 2 saturated heterocycles. The van der Waals surface area contributed by atoms with E-state index < -0.39 is 0 Å². The molecule has 0 saturated carbocycles. The summed E-state index contributed by atoms with van der Waals surface area (Å²) in [5.74, 6) is 1.54. The number of hydrogen-bond donors (Lipinski definition) is 1. The van der Waals surface area contributed by atoms with Crippen molar-refractivity contribution in [3.63, 3.8) is 0 Å². The molecule has 3 aromatic rings. The lowest BCUT2D eigenvalue weighted by Crippen LogP contribution is -2.39. The average Bonchev–Trinajstić information content (AvgIpc) is 3.54. The molecule has 2 aliphatic heterocycles. The van der Waals surface area contributed by atoms with Crippen LogP contribution >= 0.6 is 0 Å². The van der Waals surface area contributed by atoms with Gasteiger partial charge in [0.25, 0.3) is 0 Å². The van der Waals surface area contributed by atoms with E-state index in [1.54, 1.807) is 0 Å². The van der Waals surface area contributed by atoms with Crippen LogP contribution in [0.4, 0.5) is 5.69 Å². The molecule has 0 radical (unpaired) electrons. The summed E-state index contributed by atoms with van der Waals surface area (Å²) in [6.45, 7) is 5.74. The van der Waals surface area contributed by atoms with Crippen molar-refractivity contribution in [1.29, 1.82) is 0 Å². The molecule has 0 spiro atoms. The Bertz CT molecular complexity index is 1120. The van der Waals surface area contributed by atoms with E-state index in [1.165, 1.54) is 12.8 Å². The third kappa shape index (κ3) is 6.18. The number of aromatic nitrogens is 1. The summed E-state index contributed by atoms with van der Waals surface area (Å²) >= 11 is 0. The summed E-state index contributed by atoms with van der Waals surface area (Å²) in [5.41, 5.74) is 10.6. The molecule has 2 aromatic carbocycles. The molecule has 36 heavy (non-hydrogen) atoms. The molecule has 8 heteroatoms. The van der Waals surface area contributed by atoms with Gasteiger partial charge in [0.05, 0.1) is 24.5 Å². The van der Waals surface area contributed by atoms with Gasteiger partial charge in [-0.15, -0.1) is 0 Å². The van der Waals surface area contributed by atoms with Crippen molar-refractivity contribution in [2.45, 2.75) is 45.1 Å².